The number of hydrogen-bond donors (Lipinski definition) is 2. The Bertz CT molecular complexity index is 400. The number of aromatic amines is 1. The summed E-state index contributed by atoms with van der Waals surface area (Å²) in [4.78, 5) is 17.2. The molecule has 0 aromatic carbocycles. The van der Waals surface area contributed by atoms with Gasteiger partial charge in [0.2, 0.25) is 0 Å². The third kappa shape index (κ3) is 2.57. The second-order valence-corrected chi connectivity index (χ2v) is 2.95. The van der Waals surface area contributed by atoms with Crippen molar-refractivity contribution >= 4 is 0 Å². The number of pyridine rings is 1. The molecule has 0 saturated carbocycles. The standard InChI is InChI=1S/C8H9F3N2O2/c1-4(15-12)5-2-6(8(9,10)11)7(14)13-3-5/h2-4H,12H2,1H3,(H,13,14). The maximum absolute atomic E-state index is 12.3. The van der Waals surface area contributed by atoms with Gasteiger partial charge in [-0.3, -0.25) is 9.63 Å². The molecule has 0 aliphatic heterocycles. The van der Waals surface area contributed by atoms with Crippen LogP contribution in [0.3, 0.4) is 0 Å². The number of nitrogens with two attached hydrogens (primary N) is 1. The van der Waals surface area contributed by atoms with Crippen LogP contribution in [0.15, 0.2) is 17.1 Å². The largest absolute Gasteiger partial charge is 0.421 e. The highest BCUT2D eigenvalue weighted by Gasteiger charge is 2.34. The molecular weight excluding hydrogens is 213 g/mol. The topological polar surface area (TPSA) is 68.1 Å². The Hall–Kier alpha value is -1.34. The molecule has 15 heavy (non-hydrogen) atoms. The summed E-state index contributed by atoms with van der Waals surface area (Å²) >= 11 is 0. The lowest BCUT2D eigenvalue weighted by Gasteiger charge is -2.11. The Morgan fingerprint density at radius 1 is 1.53 bits per heavy atom. The molecule has 1 atom stereocenters. The number of H-pyrrole nitrogens is 1. The number of hydrogen-bond acceptors (Lipinski definition) is 3. The van der Waals surface area contributed by atoms with E-state index in [2.05, 4.69) is 4.84 Å². The average Bonchev–Trinajstić information content (AvgIpc) is 2.15. The predicted molar refractivity (Wildman–Crippen MR) is 45.8 cm³/mol. The Balaban J connectivity index is 3.23. The second-order valence-electron chi connectivity index (χ2n) is 2.95. The van der Waals surface area contributed by atoms with Crippen molar-refractivity contribution in [2.24, 2.45) is 5.90 Å². The lowest BCUT2D eigenvalue weighted by atomic mass is 10.1. The molecule has 0 aliphatic carbocycles. The van der Waals surface area contributed by atoms with Gasteiger partial charge in [-0.1, -0.05) is 0 Å². The van der Waals surface area contributed by atoms with Crippen molar-refractivity contribution in [3.8, 4) is 0 Å². The number of halogens is 3. The maximum Gasteiger partial charge on any atom is 0.421 e. The summed E-state index contributed by atoms with van der Waals surface area (Å²) in [5.41, 5.74) is -2.29. The SMILES string of the molecule is CC(ON)c1c[nH]c(=O)c(C(F)(F)F)c1. The van der Waals surface area contributed by atoms with Crippen molar-refractivity contribution in [1.29, 1.82) is 0 Å². The summed E-state index contributed by atoms with van der Waals surface area (Å²) in [6, 6.07) is 0.719. The predicted octanol–water partition coefficient (Wildman–Crippen LogP) is 1.35. The van der Waals surface area contributed by atoms with E-state index in [4.69, 9.17) is 5.90 Å². The van der Waals surface area contributed by atoms with Crippen molar-refractivity contribution in [3.05, 3.63) is 33.7 Å². The van der Waals surface area contributed by atoms with Gasteiger partial charge in [-0.25, -0.2) is 5.90 Å². The molecule has 1 heterocycles. The summed E-state index contributed by atoms with van der Waals surface area (Å²) in [6.07, 6.45) is -4.27. The maximum atomic E-state index is 12.3. The van der Waals surface area contributed by atoms with E-state index in [0.29, 0.717) is 0 Å². The molecule has 7 heteroatoms. The van der Waals surface area contributed by atoms with Crippen LogP contribution in [0, 0.1) is 0 Å². The van der Waals surface area contributed by atoms with Crippen LogP contribution in [0.5, 0.6) is 0 Å². The van der Waals surface area contributed by atoms with Crippen LogP contribution < -0.4 is 11.5 Å². The van der Waals surface area contributed by atoms with Crippen molar-refractivity contribution in [2.45, 2.75) is 19.2 Å². The first-order valence-corrected chi connectivity index (χ1v) is 4.01. The highest BCUT2D eigenvalue weighted by molar-refractivity contribution is 5.22. The average molecular weight is 222 g/mol. The lowest BCUT2D eigenvalue weighted by Crippen LogP contribution is -2.22. The summed E-state index contributed by atoms with van der Waals surface area (Å²) in [5, 5.41) is 0. The van der Waals surface area contributed by atoms with Gasteiger partial charge < -0.3 is 4.98 Å². The van der Waals surface area contributed by atoms with E-state index in [0.717, 1.165) is 12.3 Å². The van der Waals surface area contributed by atoms with Gasteiger partial charge >= 0.3 is 6.18 Å². The van der Waals surface area contributed by atoms with E-state index in [1.807, 2.05) is 4.98 Å². The van der Waals surface area contributed by atoms with Gasteiger partial charge in [0.15, 0.2) is 0 Å². The first kappa shape index (κ1) is 11.7. The fraction of sp³-hybridized carbons (Fsp3) is 0.375. The van der Waals surface area contributed by atoms with Gasteiger partial charge in [0.25, 0.3) is 5.56 Å². The smallest absolute Gasteiger partial charge is 0.328 e. The molecule has 0 amide bonds. The van der Waals surface area contributed by atoms with E-state index in [1.54, 1.807) is 0 Å². The van der Waals surface area contributed by atoms with Crippen LogP contribution >= 0.6 is 0 Å². The van der Waals surface area contributed by atoms with Crippen molar-refractivity contribution in [1.82, 2.24) is 4.98 Å². The zero-order valence-corrected chi connectivity index (χ0v) is 7.76. The van der Waals surface area contributed by atoms with Crippen LogP contribution in [0.1, 0.15) is 24.2 Å². The van der Waals surface area contributed by atoms with Crippen LogP contribution in [-0.4, -0.2) is 4.98 Å². The number of nitrogens with one attached hydrogen (secondary N) is 1. The molecule has 4 nitrogen and oxygen atoms in total. The summed E-state index contributed by atoms with van der Waals surface area (Å²) in [6.45, 7) is 1.47. The van der Waals surface area contributed by atoms with Crippen LogP contribution in [0.4, 0.5) is 13.2 Å². The molecule has 0 aliphatic rings. The van der Waals surface area contributed by atoms with Crippen molar-refractivity contribution in [3.63, 3.8) is 0 Å². The molecule has 0 radical (unpaired) electrons. The highest BCUT2D eigenvalue weighted by atomic mass is 19.4. The minimum Gasteiger partial charge on any atom is -0.328 e. The first-order valence-electron chi connectivity index (χ1n) is 4.01. The van der Waals surface area contributed by atoms with Gasteiger partial charge in [0.1, 0.15) is 11.7 Å². The molecule has 1 rings (SSSR count). The molecule has 1 aromatic heterocycles. The highest BCUT2D eigenvalue weighted by Crippen LogP contribution is 2.27. The van der Waals surface area contributed by atoms with E-state index in [9.17, 15) is 18.0 Å². The third-order valence-electron chi connectivity index (χ3n) is 1.90. The molecule has 0 fully saturated rings. The van der Waals surface area contributed by atoms with Crippen LogP contribution in [0.2, 0.25) is 0 Å². The van der Waals surface area contributed by atoms with Gasteiger partial charge in [0.05, 0.1) is 0 Å². The van der Waals surface area contributed by atoms with Crippen LogP contribution in [0.25, 0.3) is 0 Å². The molecule has 0 spiro atoms. The molecule has 84 valence electrons. The molecule has 1 unspecified atom stereocenters. The van der Waals surface area contributed by atoms with Crippen LogP contribution in [-0.2, 0) is 11.0 Å². The summed E-state index contributed by atoms with van der Waals surface area (Å²) < 4.78 is 36.9. The van der Waals surface area contributed by atoms with E-state index in [1.165, 1.54) is 6.92 Å². The zero-order chi connectivity index (χ0) is 11.6. The fourth-order valence-corrected chi connectivity index (χ4v) is 1.02. The normalized spacial score (nSPS) is 13.9. The zero-order valence-electron chi connectivity index (χ0n) is 7.76. The van der Waals surface area contributed by atoms with Gasteiger partial charge in [-0.2, -0.15) is 13.2 Å². The van der Waals surface area contributed by atoms with E-state index in [-0.39, 0.29) is 5.56 Å². The quantitative estimate of drug-likeness (QED) is 0.742. The fourth-order valence-electron chi connectivity index (χ4n) is 1.02. The van der Waals surface area contributed by atoms with Gasteiger partial charge in [0, 0.05) is 6.20 Å². The molecule has 0 bridgehead atoms. The summed E-state index contributed by atoms with van der Waals surface area (Å²) in [7, 11) is 0. The minimum atomic E-state index is -4.68. The Morgan fingerprint density at radius 2 is 2.13 bits per heavy atom. The lowest BCUT2D eigenvalue weighted by molar-refractivity contribution is -0.138. The molecular formula is C8H9F3N2O2. The monoisotopic (exact) mass is 222 g/mol. The third-order valence-corrected chi connectivity index (χ3v) is 1.90. The Morgan fingerprint density at radius 3 is 2.60 bits per heavy atom. The van der Waals surface area contributed by atoms with Gasteiger partial charge in [-0.05, 0) is 18.6 Å². The van der Waals surface area contributed by atoms with Gasteiger partial charge in [-0.15, -0.1) is 0 Å². The number of aromatic nitrogens is 1. The van der Waals surface area contributed by atoms with Crippen molar-refractivity contribution < 1.29 is 18.0 Å². The Kier molecular flexibility index (Phi) is 3.15. The number of rotatable bonds is 2. The second kappa shape index (κ2) is 4.03. The number of alkyl halides is 3. The molecule has 0 saturated heterocycles. The van der Waals surface area contributed by atoms with E-state index < -0.39 is 23.4 Å². The first-order chi connectivity index (χ1) is 6.86. The van der Waals surface area contributed by atoms with E-state index >= 15 is 0 Å². The molecule has 3 N–H and O–H groups in total. The summed E-state index contributed by atoms with van der Waals surface area (Å²) in [5.74, 6) is 4.83. The van der Waals surface area contributed by atoms with Crippen molar-refractivity contribution in [2.75, 3.05) is 0 Å². The molecule has 1 aromatic rings. The Labute approximate surface area is 82.8 Å². The minimum absolute atomic E-state index is 0.157.